The SMILES string of the molecule is CCn1c(CN(C)S(=O)(=O)c2ccc(C)c(C)c2)nc2ccccc21. The van der Waals surface area contributed by atoms with Crippen LogP contribution in [0.4, 0.5) is 0 Å². The van der Waals surface area contributed by atoms with E-state index in [-0.39, 0.29) is 6.54 Å². The third kappa shape index (κ3) is 3.19. The molecule has 0 saturated carbocycles. The molecule has 5 nitrogen and oxygen atoms in total. The van der Waals surface area contributed by atoms with Crippen LogP contribution in [-0.4, -0.2) is 29.3 Å². The van der Waals surface area contributed by atoms with E-state index in [1.807, 2.05) is 51.1 Å². The Hall–Kier alpha value is -2.18. The summed E-state index contributed by atoms with van der Waals surface area (Å²) in [5, 5.41) is 0. The topological polar surface area (TPSA) is 55.2 Å². The monoisotopic (exact) mass is 357 g/mol. The summed E-state index contributed by atoms with van der Waals surface area (Å²) in [5.41, 5.74) is 3.96. The van der Waals surface area contributed by atoms with Crippen LogP contribution in [0.15, 0.2) is 47.4 Å². The minimum atomic E-state index is -3.56. The van der Waals surface area contributed by atoms with Gasteiger partial charge >= 0.3 is 0 Å². The van der Waals surface area contributed by atoms with E-state index in [1.165, 1.54) is 4.31 Å². The zero-order valence-corrected chi connectivity index (χ0v) is 15.8. The van der Waals surface area contributed by atoms with Crippen LogP contribution in [0.5, 0.6) is 0 Å². The van der Waals surface area contributed by atoms with Gasteiger partial charge in [-0.3, -0.25) is 0 Å². The number of aryl methyl sites for hydroxylation is 3. The molecule has 0 fully saturated rings. The first-order chi connectivity index (χ1) is 11.8. The van der Waals surface area contributed by atoms with Crippen LogP contribution in [0.1, 0.15) is 23.9 Å². The zero-order chi connectivity index (χ0) is 18.2. The highest BCUT2D eigenvalue weighted by Crippen LogP contribution is 2.22. The van der Waals surface area contributed by atoms with Crippen molar-refractivity contribution < 1.29 is 8.42 Å². The van der Waals surface area contributed by atoms with Gasteiger partial charge in [0.25, 0.3) is 0 Å². The van der Waals surface area contributed by atoms with Crippen molar-refractivity contribution >= 4 is 21.1 Å². The quantitative estimate of drug-likeness (QED) is 0.702. The van der Waals surface area contributed by atoms with Crippen LogP contribution < -0.4 is 0 Å². The molecule has 0 unspecified atom stereocenters. The Morgan fingerprint density at radius 3 is 2.48 bits per heavy atom. The Labute approximate surface area is 149 Å². The van der Waals surface area contributed by atoms with Crippen LogP contribution in [0.25, 0.3) is 11.0 Å². The van der Waals surface area contributed by atoms with Crippen molar-refractivity contribution in [1.29, 1.82) is 0 Å². The molecule has 0 saturated heterocycles. The smallest absolute Gasteiger partial charge is 0.243 e. The molecule has 0 radical (unpaired) electrons. The number of nitrogens with zero attached hydrogens (tertiary/aromatic N) is 3. The summed E-state index contributed by atoms with van der Waals surface area (Å²) < 4.78 is 29.2. The number of rotatable bonds is 5. The molecule has 0 aliphatic heterocycles. The van der Waals surface area contributed by atoms with Crippen LogP contribution >= 0.6 is 0 Å². The lowest BCUT2D eigenvalue weighted by atomic mass is 10.1. The highest BCUT2D eigenvalue weighted by atomic mass is 32.2. The van der Waals surface area contributed by atoms with E-state index in [4.69, 9.17) is 0 Å². The van der Waals surface area contributed by atoms with Crippen molar-refractivity contribution in [1.82, 2.24) is 13.9 Å². The number of hydrogen-bond acceptors (Lipinski definition) is 3. The highest BCUT2D eigenvalue weighted by molar-refractivity contribution is 7.89. The van der Waals surface area contributed by atoms with Gasteiger partial charge in [0.1, 0.15) is 5.82 Å². The Morgan fingerprint density at radius 2 is 1.80 bits per heavy atom. The second-order valence-electron chi connectivity index (χ2n) is 6.27. The first-order valence-electron chi connectivity index (χ1n) is 8.32. The lowest BCUT2D eigenvalue weighted by Gasteiger charge is -2.18. The van der Waals surface area contributed by atoms with Crippen LogP contribution in [0, 0.1) is 13.8 Å². The maximum Gasteiger partial charge on any atom is 0.243 e. The van der Waals surface area contributed by atoms with Gasteiger partial charge in [0.05, 0.1) is 22.5 Å². The highest BCUT2D eigenvalue weighted by Gasteiger charge is 2.23. The first kappa shape index (κ1) is 17.6. The minimum Gasteiger partial charge on any atom is -0.327 e. The van der Waals surface area contributed by atoms with Gasteiger partial charge < -0.3 is 4.57 Å². The second kappa shape index (κ2) is 6.61. The standard InChI is InChI=1S/C19H23N3O2S/c1-5-22-18-9-7-6-8-17(18)20-19(22)13-21(4)25(23,24)16-11-10-14(2)15(3)12-16/h6-12H,5,13H2,1-4H3. The molecule has 0 amide bonds. The van der Waals surface area contributed by atoms with Gasteiger partial charge in [0, 0.05) is 13.6 Å². The molecule has 0 aliphatic rings. The molecular formula is C19H23N3O2S. The fourth-order valence-corrected chi connectivity index (χ4v) is 4.15. The Kier molecular flexibility index (Phi) is 4.67. The van der Waals surface area contributed by atoms with Gasteiger partial charge in [-0.15, -0.1) is 0 Å². The van der Waals surface area contributed by atoms with E-state index in [2.05, 4.69) is 9.55 Å². The molecule has 0 bridgehead atoms. The van der Waals surface area contributed by atoms with E-state index in [0.29, 0.717) is 4.90 Å². The molecule has 2 aromatic carbocycles. The second-order valence-corrected chi connectivity index (χ2v) is 8.31. The molecule has 1 aromatic heterocycles. The average molecular weight is 357 g/mol. The summed E-state index contributed by atoms with van der Waals surface area (Å²) in [6, 6.07) is 13.1. The molecular weight excluding hydrogens is 334 g/mol. The summed E-state index contributed by atoms with van der Waals surface area (Å²) in [7, 11) is -1.96. The van der Waals surface area contributed by atoms with E-state index in [9.17, 15) is 8.42 Å². The Balaban J connectivity index is 1.96. The summed E-state index contributed by atoms with van der Waals surface area (Å²) in [6.45, 7) is 6.91. The summed E-state index contributed by atoms with van der Waals surface area (Å²) >= 11 is 0. The summed E-state index contributed by atoms with van der Waals surface area (Å²) in [5.74, 6) is 0.749. The number of para-hydroxylation sites is 2. The fourth-order valence-electron chi connectivity index (χ4n) is 2.94. The molecule has 3 aromatic rings. The molecule has 3 rings (SSSR count). The Bertz CT molecular complexity index is 1020. The normalized spacial score (nSPS) is 12.2. The largest absolute Gasteiger partial charge is 0.327 e. The van der Waals surface area contributed by atoms with E-state index < -0.39 is 10.0 Å². The molecule has 6 heteroatoms. The maximum atomic E-state index is 12.9. The van der Waals surface area contributed by atoms with E-state index in [1.54, 1.807) is 19.2 Å². The van der Waals surface area contributed by atoms with Gasteiger partial charge in [0.15, 0.2) is 0 Å². The van der Waals surface area contributed by atoms with E-state index >= 15 is 0 Å². The lowest BCUT2D eigenvalue weighted by molar-refractivity contribution is 0.449. The molecule has 1 heterocycles. The number of benzene rings is 2. The predicted molar refractivity (Wildman–Crippen MR) is 100.0 cm³/mol. The van der Waals surface area contributed by atoms with Crippen molar-refractivity contribution in [2.45, 2.75) is 38.8 Å². The van der Waals surface area contributed by atoms with Crippen molar-refractivity contribution in [3.05, 3.63) is 59.4 Å². The molecule has 0 spiro atoms. The van der Waals surface area contributed by atoms with Gasteiger partial charge in [-0.25, -0.2) is 13.4 Å². The van der Waals surface area contributed by atoms with Crippen molar-refractivity contribution in [3.63, 3.8) is 0 Å². The van der Waals surface area contributed by atoms with Crippen molar-refractivity contribution in [2.24, 2.45) is 0 Å². The zero-order valence-electron chi connectivity index (χ0n) is 15.0. The fraction of sp³-hybridized carbons (Fsp3) is 0.316. The van der Waals surface area contributed by atoms with E-state index in [0.717, 1.165) is 34.5 Å². The third-order valence-corrected chi connectivity index (χ3v) is 6.40. The third-order valence-electron chi connectivity index (χ3n) is 4.60. The first-order valence-corrected chi connectivity index (χ1v) is 9.76. The van der Waals surface area contributed by atoms with Gasteiger partial charge in [-0.1, -0.05) is 18.2 Å². The van der Waals surface area contributed by atoms with Gasteiger partial charge in [-0.2, -0.15) is 4.31 Å². The molecule has 132 valence electrons. The predicted octanol–water partition coefficient (Wildman–Crippen LogP) is 3.49. The minimum absolute atomic E-state index is 0.234. The van der Waals surface area contributed by atoms with Gasteiger partial charge in [0.2, 0.25) is 10.0 Å². The average Bonchev–Trinajstić information content (AvgIpc) is 2.94. The van der Waals surface area contributed by atoms with Crippen LogP contribution in [0.3, 0.4) is 0 Å². The number of hydrogen-bond donors (Lipinski definition) is 0. The lowest BCUT2D eigenvalue weighted by Crippen LogP contribution is -2.28. The molecule has 0 aliphatic carbocycles. The molecule has 0 N–H and O–H groups in total. The number of aromatic nitrogens is 2. The maximum absolute atomic E-state index is 12.9. The van der Waals surface area contributed by atoms with Crippen molar-refractivity contribution in [2.75, 3.05) is 7.05 Å². The van der Waals surface area contributed by atoms with Crippen LogP contribution in [-0.2, 0) is 23.1 Å². The number of fused-ring (bicyclic) bond motifs is 1. The van der Waals surface area contributed by atoms with Gasteiger partial charge in [-0.05, 0) is 56.2 Å². The van der Waals surface area contributed by atoms with Crippen molar-refractivity contribution in [3.8, 4) is 0 Å². The molecule has 0 atom stereocenters. The number of sulfonamides is 1. The summed E-state index contributed by atoms with van der Waals surface area (Å²) in [4.78, 5) is 4.94. The molecule has 25 heavy (non-hydrogen) atoms. The van der Waals surface area contributed by atoms with Crippen LogP contribution in [0.2, 0.25) is 0 Å². The number of imidazole rings is 1. The summed E-state index contributed by atoms with van der Waals surface area (Å²) in [6.07, 6.45) is 0. The Morgan fingerprint density at radius 1 is 1.08 bits per heavy atom.